The fourth-order valence-corrected chi connectivity index (χ4v) is 3.47. The number of amides is 1. The van der Waals surface area contributed by atoms with E-state index in [1.165, 1.54) is 6.42 Å². The number of hydrogen-bond donors (Lipinski definition) is 1. The molecular weight excluding hydrogens is 186 g/mol. The normalized spacial score (nSPS) is 37.0. The lowest BCUT2D eigenvalue weighted by Gasteiger charge is -2.37. The van der Waals surface area contributed by atoms with Gasteiger partial charge >= 0.3 is 0 Å². The number of rotatable bonds is 2. The molecule has 84 valence electrons. The molecule has 0 heterocycles. The predicted molar refractivity (Wildman–Crippen MR) is 61.4 cm³/mol. The number of nitrogens with one attached hydrogen (secondary N) is 1. The van der Waals surface area contributed by atoms with Gasteiger partial charge in [0, 0.05) is 6.54 Å². The monoisotopic (exact) mass is 207 g/mol. The second-order valence-electron chi connectivity index (χ2n) is 5.58. The van der Waals surface area contributed by atoms with E-state index < -0.39 is 0 Å². The molecular formula is C13H21NO. The summed E-state index contributed by atoms with van der Waals surface area (Å²) < 4.78 is 0. The summed E-state index contributed by atoms with van der Waals surface area (Å²) in [6.45, 7) is 11.4. The lowest BCUT2D eigenvalue weighted by molar-refractivity contribution is -0.128. The lowest BCUT2D eigenvalue weighted by atomic mass is 9.68. The van der Waals surface area contributed by atoms with Crippen LogP contribution in [-0.4, -0.2) is 12.5 Å². The van der Waals surface area contributed by atoms with E-state index >= 15 is 0 Å². The van der Waals surface area contributed by atoms with Crippen LogP contribution in [-0.2, 0) is 4.79 Å². The van der Waals surface area contributed by atoms with Crippen molar-refractivity contribution in [3.8, 4) is 0 Å². The van der Waals surface area contributed by atoms with Gasteiger partial charge in [0.2, 0.25) is 5.91 Å². The quantitative estimate of drug-likeness (QED) is 0.693. The minimum Gasteiger partial charge on any atom is -0.356 e. The van der Waals surface area contributed by atoms with E-state index in [1.807, 2.05) is 6.92 Å². The highest BCUT2D eigenvalue weighted by Crippen LogP contribution is 2.65. The second-order valence-corrected chi connectivity index (χ2v) is 5.58. The summed E-state index contributed by atoms with van der Waals surface area (Å²) in [5.74, 6) is 0.871. The molecule has 2 heteroatoms. The van der Waals surface area contributed by atoms with E-state index in [0.717, 1.165) is 25.0 Å². The predicted octanol–water partition coefficient (Wildman–Crippen LogP) is 2.51. The van der Waals surface area contributed by atoms with Gasteiger partial charge in [-0.1, -0.05) is 26.0 Å². The van der Waals surface area contributed by atoms with E-state index in [4.69, 9.17) is 0 Å². The number of hydrogen-bond acceptors (Lipinski definition) is 1. The van der Waals surface area contributed by atoms with Crippen molar-refractivity contribution in [3.05, 3.63) is 12.2 Å². The highest BCUT2D eigenvalue weighted by atomic mass is 16.2. The van der Waals surface area contributed by atoms with Crippen LogP contribution >= 0.6 is 0 Å². The minimum absolute atomic E-state index is 0.156. The van der Waals surface area contributed by atoms with Gasteiger partial charge in [0.15, 0.2) is 0 Å². The topological polar surface area (TPSA) is 29.1 Å². The van der Waals surface area contributed by atoms with Gasteiger partial charge in [0.25, 0.3) is 0 Å². The third-order valence-corrected chi connectivity index (χ3v) is 4.66. The molecule has 2 unspecified atom stereocenters. The van der Waals surface area contributed by atoms with E-state index in [2.05, 4.69) is 25.7 Å². The molecule has 0 aromatic heterocycles. The molecule has 2 aliphatic carbocycles. The molecule has 0 aromatic carbocycles. The average molecular weight is 207 g/mol. The second kappa shape index (κ2) is 3.10. The van der Waals surface area contributed by atoms with Crippen molar-refractivity contribution in [2.75, 3.05) is 6.54 Å². The van der Waals surface area contributed by atoms with E-state index in [1.54, 1.807) is 0 Å². The first-order valence-electron chi connectivity index (χ1n) is 5.93. The maximum Gasteiger partial charge on any atom is 0.230 e. The van der Waals surface area contributed by atoms with Crippen molar-refractivity contribution in [3.63, 3.8) is 0 Å². The van der Waals surface area contributed by atoms with Crippen LogP contribution in [0.1, 0.15) is 40.0 Å². The Morgan fingerprint density at radius 3 is 2.73 bits per heavy atom. The van der Waals surface area contributed by atoms with E-state index in [9.17, 15) is 4.79 Å². The smallest absolute Gasteiger partial charge is 0.230 e. The molecule has 2 atom stereocenters. The number of carbonyl (C=O) groups excluding carboxylic acids is 1. The molecule has 2 bridgehead atoms. The molecule has 15 heavy (non-hydrogen) atoms. The van der Waals surface area contributed by atoms with Crippen LogP contribution < -0.4 is 5.32 Å². The Hall–Kier alpha value is -0.790. The summed E-state index contributed by atoms with van der Waals surface area (Å²) in [6, 6.07) is 0. The Morgan fingerprint density at radius 1 is 1.60 bits per heavy atom. The summed E-state index contributed by atoms with van der Waals surface area (Å²) in [6.07, 6.45) is 3.21. The first kappa shape index (κ1) is 10.7. The van der Waals surface area contributed by atoms with Crippen LogP contribution in [0.3, 0.4) is 0 Å². The van der Waals surface area contributed by atoms with Crippen molar-refractivity contribution < 1.29 is 4.79 Å². The molecule has 2 fully saturated rings. The van der Waals surface area contributed by atoms with Gasteiger partial charge < -0.3 is 5.32 Å². The van der Waals surface area contributed by atoms with Crippen LogP contribution in [0.4, 0.5) is 0 Å². The molecule has 2 nitrogen and oxygen atoms in total. The molecule has 2 saturated carbocycles. The first-order chi connectivity index (χ1) is 6.95. The Balaban J connectivity index is 2.31. The standard InChI is InChI=1S/C13H21NO/c1-5-14-11(15)13-7-6-10(8-13)12(3,4)9(13)2/h10H,2,5-8H2,1,3-4H3,(H,14,15). The van der Waals surface area contributed by atoms with Gasteiger partial charge in [-0.25, -0.2) is 0 Å². The average Bonchev–Trinajstić information content (AvgIpc) is 2.68. The number of carbonyl (C=O) groups is 1. The van der Waals surface area contributed by atoms with Crippen LogP contribution in [0.5, 0.6) is 0 Å². The molecule has 0 radical (unpaired) electrons. The fourth-order valence-electron chi connectivity index (χ4n) is 3.47. The third kappa shape index (κ3) is 1.20. The lowest BCUT2D eigenvalue weighted by Crippen LogP contribution is -2.41. The summed E-state index contributed by atoms with van der Waals surface area (Å²) in [5, 5.41) is 2.97. The number of fused-ring (bicyclic) bond motifs is 2. The van der Waals surface area contributed by atoms with E-state index in [-0.39, 0.29) is 16.7 Å². The van der Waals surface area contributed by atoms with Crippen molar-refractivity contribution in [1.29, 1.82) is 0 Å². The molecule has 2 rings (SSSR count). The van der Waals surface area contributed by atoms with Gasteiger partial charge in [-0.05, 0) is 37.5 Å². The Kier molecular flexibility index (Phi) is 2.21. The highest BCUT2D eigenvalue weighted by molar-refractivity contribution is 5.87. The van der Waals surface area contributed by atoms with E-state index in [0.29, 0.717) is 5.92 Å². The molecule has 1 amide bonds. The van der Waals surface area contributed by atoms with Gasteiger partial charge in [-0.3, -0.25) is 4.79 Å². The summed E-state index contributed by atoms with van der Waals surface area (Å²) in [4.78, 5) is 12.2. The van der Waals surface area contributed by atoms with Gasteiger partial charge in [-0.2, -0.15) is 0 Å². The zero-order chi connectivity index (χ0) is 11.3. The molecule has 2 aliphatic rings. The van der Waals surface area contributed by atoms with Gasteiger partial charge in [0.1, 0.15) is 0 Å². The summed E-state index contributed by atoms with van der Waals surface area (Å²) in [7, 11) is 0. The zero-order valence-electron chi connectivity index (χ0n) is 10.0. The molecule has 0 saturated heterocycles. The zero-order valence-corrected chi connectivity index (χ0v) is 10.0. The van der Waals surface area contributed by atoms with Crippen LogP contribution in [0.2, 0.25) is 0 Å². The van der Waals surface area contributed by atoms with Crippen molar-refractivity contribution in [2.45, 2.75) is 40.0 Å². The van der Waals surface area contributed by atoms with Crippen molar-refractivity contribution in [1.82, 2.24) is 5.32 Å². The van der Waals surface area contributed by atoms with Crippen molar-refractivity contribution >= 4 is 5.91 Å². The Morgan fingerprint density at radius 2 is 2.27 bits per heavy atom. The maximum atomic E-state index is 12.2. The maximum absolute atomic E-state index is 12.2. The van der Waals surface area contributed by atoms with Crippen molar-refractivity contribution in [2.24, 2.45) is 16.7 Å². The highest BCUT2D eigenvalue weighted by Gasteiger charge is 2.60. The largest absolute Gasteiger partial charge is 0.356 e. The molecule has 0 aromatic rings. The van der Waals surface area contributed by atoms with Crippen LogP contribution in [0.15, 0.2) is 12.2 Å². The SMILES string of the molecule is C=C1C2(C(=O)NCC)CCC(C2)C1(C)C. The van der Waals surface area contributed by atoms with Crippen LogP contribution in [0, 0.1) is 16.7 Å². The fraction of sp³-hybridized carbons (Fsp3) is 0.769. The molecule has 0 aliphatic heterocycles. The van der Waals surface area contributed by atoms with Gasteiger partial charge in [0.05, 0.1) is 5.41 Å². The van der Waals surface area contributed by atoms with Gasteiger partial charge in [-0.15, -0.1) is 0 Å². The molecule has 1 N–H and O–H groups in total. The summed E-state index contributed by atoms with van der Waals surface area (Å²) in [5.41, 5.74) is 1.09. The third-order valence-electron chi connectivity index (χ3n) is 4.66. The Labute approximate surface area is 92.1 Å². The minimum atomic E-state index is -0.232. The first-order valence-corrected chi connectivity index (χ1v) is 5.93. The summed E-state index contributed by atoms with van der Waals surface area (Å²) >= 11 is 0. The molecule has 0 spiro atoms. The Bertz CT molecular complexity index is 318. The van der Waals surface area contributed by atoms with Crippen LogP contribution in [0.25, 0.3) is 0 Å².